The number of aryl methyl sites for hydroxylation is 1. The van der Waals surface area contributed by atoms with Gasteiger partial charge in [0.05, 0.1) is 19.9 Å². The van der Waals surface area contributed by atoms with Crippen molar-refractivity contribution in [1.29, 1.82) is 0 Å². The van der Waals surface area contributed by atoms with E-state index in [0.717, 1.165) is 33.3 Å². The van der Waals surface area contributed by atoms with E-state index in [0.29, 0.717) is 11.6 Å². The lowest BCUT2D eigenvalue weighted by Crippen LogP contribution is -2.27. The maximum absolute atomic E-state index is 5.86. The standard InChI is InChI=1S/C19H20ClN5O/c1-12-7-16(26-2)8-17-14(10-22-18(12)17)11-24-25-19(21)23-9-13-3-5-15(20)6-4-13/h3-8,10-11,22H,9H2,1-2H3,(H3,21,23,25)/b24-11+. The van der Waals surface area contributed by atoms with E-state index in [-0.39, 0.29) is 5.96 Å². The third kappa shape index (κ3) is 4.15. The van der Waals surface area contributed by atoms with Crippen LogP contribution in [-0.4, -0.2) is 24.3 Å². The number of guanidine groups is 1. The number of nitrogens with zero attached hydrogens (tertiary/aromatic N) is 2. The van der Waals surface area contributed by atoms with Crippen LogP contribution in [0.3, 0.4) is 0 Å². The molecule has 4 N–H and O–H groups in total. The third-order valence-electron chi connectivity index (χ3n) is 3.96. The Labute approximate surface area is 156 Å². The van der Waals surface area contributed by atoms with Gasteiger partial charge in [0.1, 0.15) is 5.75 Å². The number of fused-ring (bicyclic) bond motifs is 1. The molecule has 0 atom stereocenters. The van der Waals surface area contributed by atoms with E-state index in [1.807, 2.05) is 49.5 Å². The SMILES string of the molecule is COc1cc(C)c2[nH]cc(/C=N/NC(N)=NCc3ccc(Cl)cc3)c2c1. The lowest BCUT2D eigenvalue weighted by molar-refractivity contribution is 0.415. The zero-order valence-electron chi connectivity index (χ0n) is 14.6. The molecule has 0 fully saturated rings. The summed E-state index contributed by atoms with van der Waals surface area (Å²) in [4.78, 5) is 7.50. The van der Waals surface area contributed by atoms with Gasteiger partial charge in [-0.3, -0.25) is 0 Å². The Hall–Kier alpha value is -2.99. The number of nitrogens with two attached hydrogens (primary N) is 1. The van der Waals surface area contributed by atoms with E-state index in [9.17, 15) is 0 Å². The fourth-order valence-electron chi connectivity index (χ4n) is 2.60. The molecule has 3 aromatic rings. The highest BCUT2D eigenvalue weighted by Crippen LogP contribution is 2.26. The van der Waals surface area contributed by atoms with E-state index in [2.05, 4.69) is 20.5 Å². The van der Waals surface area contributed by atoms with Crippen molar-refractivity contribution < 1.29 is 4.74 Å². The monoisotopic (exact) mass is 369 g/mol. The number of hydrogen-bond acceptors (Lipinski definition) is 3. The van der Waals surface area contributed by atoms with Gasteiger partial charge in [0.2, 0.25) is 5.96 Å². The van der Waals surface area contributed by atoms with Crippen molar-refractivity contribution in [3.05, 3.63) is 64.3 Å². The van der Waals surface area contributed by atoms with E-state index in [1.54, 1.807) is 13.3 Å². The summed E-state index contributed by atoms with van der Waals surface area (Å²) in [5.41, 5.74) is 12.7. The van der Waals surface area contributed by atoms with Crippen molar-refractivity contribution in [1.82, 2.24) is 10.4 Å². The summed E-state index contributed by atoms with van der Waals surface area (Å²) in [5.74, 6) is 1.05. The molecule has 6 nitrogen and oxygen atoms in total. The van der Waals surface area contributed by atoms with E-state index in [4.69, 9.17) is 22.1 Å². The number of nitrogens with one attached hydrogen (secondary N) is 2. The minimum Gasteiger partial charge on any atom is -0.497 e. The largest absolute Gasteiger partial charge is 0.497 e. The maximum Gasteiger partial charge on any atom is 0.209 e. The first-order chi connectivity index (χ1) is 12.6. The molecule has 26 heavy (non-hydrogen) atoms. The molecule has 0 saturated carbocycles. The fraction of sp³-hybridized carbons (Fsp3) is 0.158. The average molecular weight is 370 g/mol. The van der Waals surface area contributed by atoms with Crippen LogP contribution in [0.2, 0.25) is 5.02 Å². The van der Waals surface area contributed by atoms with Crippen LogP contribution in [0.25, 0.3) is 10.9 Å². The molecule has 3 rings (SSSR count). The second kappa shape index (κ2) is 7.93. The number of methoxy groups -OCH3 is 1. The molecule has 0 radical (unpaired) electrons. The number of halogens is 1. The molecule has 0 bridgehead atoms. The highest BCUT2D eigenvalue weighted by molar-refractivity contribution is 6.30. The number of aliphatic imine (C=N–C) groups is 1. The summed E-state index contributed by atoms with van der Waals surface area (Å²) in [5, 5.41) is 5.89. The molecule has 0 unspecified atom stereocenters. The Balaban J connectivity index is 1.68. The maximum atomic E-state index is 5.86. The Morgan fingerprint density at radius 3 is 2.81 bits per heavy atom. The Kier molecular flexibility index (Phi) is 5.43. The second-order valence-corrected chi connectivity index (χ2v) is 6.25. The molecule has 0 saturated heterocycles. The van der Waals surface area contributed by atoms with Gasteiger partial charge in [-0.05, 0) is 42.3 Å². The summed E-state index contributed by atoms with van der Waals surface area (Å²) in [6.45, 7) is 2.48. The average Bonchev–Trinajstić information content (AvgIpc) is 3.05. The van der Waals surface area contributed by atoms with Crippen LogP contribution >= 0.6 is 11.6 Å². The molecule has 0 aliphatic carbocycles. The molecule has 0 spiro atoms. The zero-order valence-corrected chi connectivity index (χ0v) is 15.3. The highest BCUT2D eigenvalue weighted by Gasteiger charge is 2.06. The van der Waals surface area contributed by atoms with Crippen LogP contribution < -0.4 is 15.9 Å². The van der Waals surface area contributed by atoms with Crippen molar-refractivity contribution >= 4 is 34.7 Å². The number of aromatic nitrogens is 1. The Morgan fingerprint density at radius 2 is 2.08 bits per heavy atom. The third-order valence-corrected chi connectivity index (χ3v) is 4.21. The van der Waals surface area contributed by atoms with Crippen LogP contribution in [0, 0.1) is 6.92 Å². The minimum atomic E-state index is 0.241. The second-order valence-electron chi connectivity index (χ2n) is 5.81. The first-order valence-corrected chi connectivity index (χ1v) is 8.44. The van der Waals surface area contributed by atoms with Gasteiger partial charge in [-0.25, -0.2) is 10.4 Å². The van der Waals surface area contributed by atoms with Crippen LogP contribution in [0.4, 0.5) is 0 Å². The van der Waals surface area contributed by atoms with Crippen LogP contribution in [0.15, 0.2) is 52.7 Å². The summed E-state index contributed by atoms with van der Waals surface area (Å²) in [6, 6.07) is 11.4. The van der Waals surface area contributed by atoms with Gasteiger partial charge >= 0.3 is 0 Å². The number of aromatic amines is 1. The quantitative estimate of drug-likeness (QED) is 0.365. The Morgan fingerprint density at radius 1 is 1.31 bits per heavy atom. The molecular weight excluding hydrogens is 350 g/mol. The molecule has 0 aliphatic rings. The van der Waals surface area contributed by atoms with Gasteiger partial charge < -0.3 is 15.5 Å². The number of hydrogen-bond donors (Lipinski definition) is 3. The lowest BCUT2D eigenvalue weighted by atomic mass is 10.1. The number of H-pyrrole nitrogens is 1. The van der Waals surface area contributed by atoms with Crippen molar-refractivity contribution in [3.8, 4) is 5.75 Å². The first-order valence-electron chi connectivity index (χ1n) is 8.06. The normalized spacial score (nSPS) is 12.0. The summed E-state index contributed by atoms with van der Waals surface area (Å²) >= 11 is 5.86. The van der Waals surface area contributed by atoms with Gasteiger partial charge in [0.25, 0.3) is 0 Å². The molecule has 1 aromatic heterocycles. The van der Waals surface area contributed by atoms with Gasteiger partial charge in [0.15, 0.2) is 0 Å². The summed E-state index contributed by atoms with van der Waals surface area (Å²) in [7, 11) is 1.65. The minimum absolute atomic E-state index is 0.241. The molecule has 0 amide bonds. The number of rotatable bonds is 5. The number of ether oxygens (including phenoxy) is 1. The molecule has 1 heterocycles. The molecule has 2 aromatic carbocycles. The smallest absolute Gasteiger partial charge is 0.209 e. The summed E-state index contributed by atoms with van der Waals surface area (Å²) < 4.78 is 5.33. The van der Waals surface area contributed by atoms with Crippen molar-refractivity contribution in [2.45, 2.75) is 13.5 Å². The zero-order chi connectivity index (χ0) is 18.5. The Bertz CT molecular complexity index is 960. The van der Waals surface area contributed by atoms with Crippen LogP contribution in [-0.2, 0) is 6.54 Å². The predicted molar refractivity (Wildman–Crippen MR) is 107 cm³/mol. The van der Waals surface area contributed by atoms with Crippen LogP contribution in [0.5, 0.6) is 5.75 Å². The van der Waals surface area contributed by atoms with Gasteiger partial charge in [-0.2, -0.15) is 5.10 Å². The van der Waals surface area contributed by atoms with Crippen LogP contribution in [0.1, 0.15) is 16.7 Å². The fourth-order valence-corrected chi connectivity index (χ4v) is 2.72. The van der Waals surface area contributed by atoms with Gasteiger partial charge in [-0.15, -0.1) is 0 Å². The number of hydrazone groups is 1. The van der Waals surface area contributed by atoms with Gasteiger partial charge in [0, 0.05) is 27.7 Å². The molecule has 0 aliphatic heterocycles. The van der Waals surface area contributed by atoms with Crippen molar-refractivity contribution in [2.24, 2.45) is 15.8 Å². The molecule has 134 valence electrons. The molecule has 7 heteroatoms. The number of benzene rings is 2. The van der Waals surface area contributed by atoms with E-state index in [1.165, 1.54) is 0 Å². The predicted octanol–water partition coefficient (Wildman–Crippen LogP) is 3.58. The van der Waals surface area contributed by atoms with E-state index < -0.39 is 0 Å². The van der Waals surface area contributed by atoms with Crippen molar-refractivity contribution in [3.63, 3.8) is 0 Å². The van der Waals surface area contributed by atoms with Crippen molar-refractivity contribution in [2.75, 3.05) is 7.11 Å². The summed E-state index contributed by atoms with van der Waals surface area (Å²) in [6.07, 6.45) is 3.59. The van der Waals surface area contributed by atoms with Gasteiger partial charge in [-0.1, -0.05) is 23.7 Å². The lowest BCUT2D eigenvalue weighted by Gasteiger charge is -2.03. The highest BCUT2D eigenvalue weighted by atomic mass is 35.5. The topological polar surface area (TPSA) is 87.8 Å². The first kappa shape index (κ1) is 17.8. The van der Waals surface area contributed by atoms with E-state index >= 15 is 0 Å². The molecular formula is C19H20ClN5O.